The summed E-state index contributed by atoms with van der Waals surface area (Å²) in [6.45, 7) is 4.43. The summed E-state index contributed by atoms with van der Waals surface area (Å²) in [7, 11) is 1.47. The highest BCUT2D eigenvalue weighted by Crippen LogP contribution is 2.43. The Hall–Kier alpha value is -2.36. The summed E-state index contributed by atoms with van der Waals surface area (Å²) < 4.78 is 23.4. The van der Waals surface area contributed by atoms with E-state index in [1.807, 2.05) is 70.6 Å². The first-order chi connectivity index (χ1) is 24.4. The van der Waals surface area contributed by atoms with Crippen molar-refractivity contribution in [1.82, 2.24) is 5.32 Å². The van der Waals surface area contributed by atoms with Crippen LogP contribution in [-0.4, -0.2) is 84.6 Å². The Balaban J connectivity index is 4.72. The van der Waals surface area contributed by atoms with E-state index in [2.05, 4.69) is 48.7 Å². The van der Waals surface area contributed by atoms with Gasteiger partial charge in [-0.2, -0.15) is 0 Å². The van der Waals surface area contributed by atoms with Crippen molar-refractivity contribution in [3.05, 3.63) is 85.1 Å². The zero-order valence-electron chi connectivity index (χ0n) is 32.4. The van der Waals surface area contributed by atoms with Crippen LogP contribution in [0.4, 0.5) is 0 Å². The Kier molecular flexibility index (Phi) is 30.8. The van der Waals surface area contributed by atoms with Gasteiger partial charge >= 0.3 is 7.82 Å². The van der Waals surface area contributed by atoms with Crippen LogP contribution in [0.2, 0.25) is 0 Å². The smallest absolute Gasteiger partial charge is 0.389 e. The molecule has 4 atom stereocenters. The van der Waals surface area contributed by atoms with Crippen LogP contribution in [0.1, 0.15) is 110 Å². The highest BCUT2D eigenvalue weighted by Gasteiger charge is 2.27. The zero-order valence-corrected chi connectivity index (χ0v) is 33.3. The third-order valence-corrected chi connectivity index (χ3v) is 8.66. The van der Waals surface area contributed by atoms with Crippen LogP contribution in [0.25, 0.3) is 0 Å². The van der Waals surface area contributed by atoms with Gasteiger partial charge in [0.05, 0.1) is 46.0 Å². The van der Waals surface area contributed by atoms with Gasteiger partial charge in [0.15, 0.2) is 0 Å². The number of allylic oxidation sites excluding steroid dienone is 11. The van der Waals surface area contributed by atoms with Crippen LogP contribution in [-0.2, 0) is 18.4 Å². The number of quaternary nitrogens is 1. The molecule has 0 aromatic carbocycles. The monoisotopic (exact) mass is 736 g/mol. The minimum Gasteiger partial charge on any atom is -0.389 e. The summed E-state index contributed by atoms with van der Waals surface area (Å²) >= 11 is 0. The molecule has 0 spiro atoms. The van der Waals surface area contributed by atoms with E-state index < -0.39 is 26.1 Å². The van der Waals surface area contributed by atoms with E-state index in [-0.39, 0.29) is 25.5 Å². The number of hydrogen-bond acceptors (Lipinski definition) is 6. The Labute approximate surface area is 310 Å². The molecule has 0 aliphatic rings. The van der Waals surface area contributed by atoms with E-state index >= 15 is 0 Å². The Morgan fingerprint density at radius 3 is 2.10 bits per heavy atom. The van der Waals surface area contributed by atoms with Crippen LogP contribution < -0.4 is 5.32 Å². The quantitative estimate of drug-likeness (QED) is 0.0179. The van der Waals surface area contributed by atoms with Gasteiger partial charge in [-0.3, -0.25) is 13.8 Å². The number of amides is 1. The molecule has 292 valence electrons. The van der Waals surface area contributed by atoms with Crippen molar-refractivity contribution in [3.63, 3.8) is 0 Å². The maximum absolute atomic E-state index is 12.8. The first-order valence-electron chi connectivity index (χ1n) is 19.1. The second kappa shape index (κ2) is 32.3. The van der Waals surface area contributed by atoms with Gasteiger partial charge in [-0.15, -0.1) is 0 Å². The first kappa shape index (κ1) is 48.6. The number of nitrogens with one attached hydrogen (secondary N) is 1. The number of aliphatic hydroxyl groups excluding tert-OH is 2. The van der Waals surface area contributed by atoms with Crippen LogP contribution in [0.3, 0.4) is 0 Å². The fourth-order valence-electron chi connectivity index (χ4n) is 4.58. The highest BCUT2D eigenvalue weighted by molar-refractivity contribution is 7.47. The average Bonchev–Trinajstić information content (AvgIpc) is 3.07. The number of carbonyl (C=O) groups excluding carboxylic acids is 1. The van der Waals surface area contributed by atoms with Gasteiger partial charge < -0.3 is 24.9 Å². The third-order valence-electron chi connectivity index (χ3n) is 7.67. The number of phosphoric acid groups is 1. The first-order valence-corrected chi connectivity index (χ1v) is 20.6. The molecule has 2 unspecified atom stereocenters. The van der Waals surface area contributed by atoms with Gasteiger partial charge in [-0.05, 0) is 64.2 Å². The lowest BCUT2D eigenvalue weighted by molar-refractivity contribution is -0.870. The SMILES string of the molecule is CC/C=C\C(O)C/C=C/C=C\C/C=C\C/C=C\CCCC(=O)N[C@@H](COP(=O)(O)OCC[N+](C)(C)C)[C@H](O)/C=C/CC/C=C\CCCCCCC. The molecule has 0 rings (SSSR count). The van der Waals surface area contributed by atoms with E-state index in [9.17, 15) is 24.5 Å². The Bertz CT molecular complexity index is 1120. The largest absolute Gasteiger partial charge is 0.472 e. The highest BCUT2D eigenvalue weighted by atomic mass is 31.2. The van der Waals surface area contributed by atoms with Crippen LogP contribution in [0.5, 0.6) is 0 Å². The summed E-state index contributed by atoms with van der Waals surface area (Å²) in [6, 6.07) is -0.908. The van der Waals surface area contributed by atoms with Gasteiger partial charge in [-0.25, -0.2) is 4.57 Å². The van der Waals surface area contributed by atoms with Gasteiger partial charge in [0.2, 0.25) is 5.91 Å². The maximum atomic E-state index is 12.8. The van der Waals surface area contributed by atoms with Gasteiger partial charge in [-0.1, -0.05) is 125 Å². The maximum Gasteiger partial charge on any atom is 0.472 e. The molecule has 10 heteroatoms. The number of aliphatic hydroxyl groups is 2. The van der Waals surface area contributed by atoms with E-state index in [4.69, 9.17) is 9.05 Å². The standard InChI is InChI=1S/C41H71N2O7P/c1-6-8-10-11-12-13-16-20-23-26-29-33-40(45)39(37-50-51(47,48)49-36-35-43(3,4)5)42-41(46)34-30-27-24-21-18-15-14-17-19-22-25-28-32-38(44)31-9-7-2/h9,14-16,19-22,24-25,28-29,31,33,38-40,44-45H,6-8,10-13,17-18,23,26-27,30,32,34-37H2,1-5H3,(H-,42,46,47,48)/p+1/b15-14-,20-16-,22-19-,24-21-,28-25+,31-9-,33-29+/t38?,39-,40+/m0/s1. The van der Waals surface area contributed by atoms with Crippen molar-refractivity contribution in [1.29, 1.82) is 0 Å². The molecule has 0 aliphatic heterocycles. The van der Waals surface area contributed by atoms with E-state index in [1.54, 1.807) is 6.08 Å². The molecule has 9 nitrogen and oxygen atoms in total. The molecule has 0 aliphatic carbocycles. The number of hydrogen-bond donors (Lipinski definition) is 4. The minimum atomic E-state index is -4.37. The van der Waals surface area contributed by atoms with Crippen molar-refractivity contribution in [2.75, 3.05) is 40.9 Å². The van der Waals surface area contributed by atoms with Crippen molar-refractivity contribution in [2.24, 2.45) is 0 Å². The topological polar surface area (TPSA) is 125 Å². The summed E-state index contributed by atoms with van der Waals surface area (Å²) in [4.78, 5) is 22.9. The molecule has 51 heavy (non-hydrogen) atoms. The van der Waals surface area contributed by atoms with E-state index in [0.717, 1.165) is 44.9 Å². The number of unbranched alkanes of at least 4 members (excludes halogenated alkanes) is 7. The fraction of sp³-hybridized carbons (Fsp3) is 0.634. The molecular weight excluding hydrogens is 663 g/mol. The second-order valence-corrected chi connectivity index (χ2v) is 15.2. The summed E-state index contributed by atoms with van der Waals surface area (Å²) in [5.41, 5.74) is 0. The number of likely N-dealkylation sites (N-methyl/N-ethyl adjacent to an activating group) is 1. The Morgan fingerprint density at radius 2 is 1.37 bits per heavy atom. The van der Waals surface area contributed by atoms with Crippen LogP contribution in [0, 0.1) is 0 Å². The number of carbonyl (C=O) groups is 1. The predicted molar refractivity (Wildman–Crippen MR) is 213 cm³/mol. The van der Waals surface area contributed by atoms with Crippen molar-refractivity contribution >= 4 is 13.7 Å². The normalized spacial score (nSPS) is 16.2. The van der Waals surface area contributed by atoms with E-state index in [1.165, 1.54) is 32.1 Å². The fourth-order valence-corrected chi connectivity index (χ4v) is 5.32. The molecule has 0 aromatic rings. The number of phosphoric ester groups is 1. The molecule has 4 N–H and O–H groups in total. The number of rotatable bonds is 32. The van der Waals surface area contributed by atoms with Crippen molar-refractivity contribution < 1.29 is 38.0 Å². The lowest BCUT2D eigenvalue weighted by Gasteiger charge is -2.25. The van der Waals surface area contributed by atoms with Crippen molar-refractivity contribution in [3.8, 4) is 0 Å². The summed E-state index contributed by atoms with van der Waals surface area (Å²) in [5.74, 6) is -0.266. The molecule has 0 fully saturated rings. The molecule has 0 heterocycles. The van der Waals surface area contributed by atoms with Crippen LogP contribution in [0.15, 0.2) is 85.1 Å². The predicted octanol–water partition coefficient (Wildman–Crippen LogP) is 8.82. The van der Waals surface area contributed by atoms with E-state index in [0.29, 0.717) is 23.9 Å². The zero-order chi connectivity index (χ0) is 38.1. The molecule has 0 aromatic heterocycles. The molecule has 0 radical (unpaired) electrons. The molecule has 0 saturated carbocycles. The van der Waals surface area contributed by atoms with Gasteiger partial charge in [0, 0.05) is 6.42 Å². The lowest BCUT2D eigenvalue weighted by atomic mass is 10.1. The van der Waals surface area contributed by atoms with Crippen LogP contribution >= 0.6 is 7.82 Å². The molecular formula is C41H72N2O7P+. The lowest BCUT2D eigenvalue weighted by Crippen LogP contribution is -2.45. The average molecular weight is 736 g/mol. The van der Waals surface area contributed by atoms with Gasteiger partial charge in [0.25, 0.3) is 0 Å². The van der Waals surface area contributed by atoms with Gasteiger partial charge in [0.1, 0.15) is 13.2 Å². The molecule has 1 amide bonds. The second-order valence-electron chi connectivity index (χ2n) is 13.8. The van der Waals surface area contributed by atoms with Crippen molar-refractivity contribution in [2.45, 2.75) is 128 Å². The molecule has 0 bridgehead atoms. The summed E-state index contributed by atoms with van der Waals surface area (Å²) in [6.07, 6.45) is 40.0. The Morgan fingerprint density at radius 1 is 0.745 bits per heavy atom. The number of nitrogens with zero attached hydrogens (tertiary/aromatic N) is 1. The third kappa shape index (κ3) is 34.5. The minimum absolute atomic E-state index is 0.0328. The molecule has 0 saturated heterocycles. The summed E-state index contributed by atoms with van der Waals surface area (Å²) in [5, 5.41) is 23.4.